The SMILES string of the molecule is CNCC1CCN(CCC(=O)NC2CCCCC2)CC1. The van der Waals surface area contributed by atoms with Crippen LogP contribution in [-0.4, -0.2) is 50.1 Å². The van der Waals surface area contributed by atoms with Gasteiger partial charge in [-0.15, -0.1) is 0 Å². The number of piperidine rings is 1. The topological polar surface area (TPSA) is 44.4 Å². The lowest BCUT2D eigenvalue weighted by molar-refractivity contribution is -0.122. The summed E-state index contributed by atoms with van der Waals surface area (Å²) in [7, 11) is 2.03. The Morgan fingerprint density at radius 3 is 2.45 bits per heavy atom. The molecule has 0 aromatic rings. The van der Waals surface area contributed by atoms with Crippen LogP contribution in [0.3, 0.4) is 0 Å². The van der Waals surface area contributed by atoms with Crippen LogP contribution in [0.25, 0.3) is 0 Å². The Bertz CT molecular complexity index is 281. The van der Waals surface area contributed by atoms with Crippen molar-refractivity contribution in [2.75, 3.05) is 33.2 Å². The van der Waals surface area contributed by atoms with E-state index < -0.39 is 0 Å². The van der Waals surface area contributed by atoms with Crippen LogP contribution in [-0.2, 0) is 4.79 Å². The average molecular weight is 281 g/mol. The molecule has 0 spiro atoms. The van der Waals surface area contributed by atoms with Crippen molar-refractivity contribution in [3.8, 4) is 0 Å². The number of nitrogens with zero attached hydrogens (tertiary/aromatic N) is 1. The van der Waals surface area contributed by atoms with Gasteiger partial charge in [0.15, 0.2) is 0 Å². The molecule has 1 heterocycles. The van der Waals surface area contributed by atoms with Crippen LogP contribution in [0, 0.1) is 5.92 Å². The van der Waals surface area contributed by atoms with Crippen LogP contribution in [0.5, 0.6) is 0 Å². The van der Waals surface area contributed by atoms with Gasteiger partial charge in [-0.3, -0.25) is 4.79 Å². The number of carbonyl (C=O) groups excluding carboxylic acids is 1. The van der Waals surface area contributed by atoms with Gasteiger partial charge in [-0.1, -0.05) is 19.3 Å². The Kier molecular flexibility index (Phi) is 6.80. The highest BCUT2D eigenvalue weighted by Crippen LogP contribution is 2.18. The Balaban J connectivity index is 1.57. The predicted octanol–water partition coefficient (Wildman–Crippen LogP) is 1.76. The number of likely N-dealkylation sites (tertiary alicyclic amines) is 1. The van der Waals surface area contributed by atoms with E-state index in [2.05, 4.69) is 15.5 Å². The lowest BCUT2D eigenvalue weighted by Crippen LogP contribution is -2.41. The standard InChI is InChI=1S/C16H31N3O/c1-17-13-14-7-10-19(11-8-14)12-9-16(20)18-15-5-3-2-4-6-15/h14-15,17H,2-13H2,1H3,(H,18,20). The number of nitrogens with one attached hydrogen (secondary N) is 2. The first-order valence-electron chi connectivity index (χ1n) is 8.44. The highest BCUT2D eigenvalue weighted by Gasteiger charge is 2.20. The van der Waals surface area contributed by atoms with Crippen LogP contribution in [0.4, 0.5) is 0 Å². The van der Waals surface area contributed by atoms with Crippen molar-refractivity contribution < 1.29 is 4.79 Å². The quantitative estimate of drug-likeness (QED) is 0.780. The van der Waals surface area contributed by atoms with Gasteiger partial charge in [0.25, 0.3) is 0 Å². The van der Waals surface area contributed by atoms with E-state index >= 15 is 0 Å². The van der Waals surface area contributed by atoms with E-state index in [1.165, 1.54) is 44.9 Å². The van der Waals surface area contributed by atoms with Crippen molar-refractivity contribution in [1.82, 2.24) is 15.5 Å². The second-order valence-electron chi connectivity index (χ2n) is 6.50. The third kappa shape index (κ3) is 5.41. The fourth-order valence-corrected chi connectivity index (χ4v) is 3.51. The van der Waals surface area contributed by atoms with Crippen LogP contribution in [0.15, 0.2) is 0 Å². The summed E-state index contributed by atoms with van der Waals surface area (Å²) in [5, 5.41) is 6.48. The summed E-state index contributed by atoms with van der Waals surface area (Å²) in [5.74, 6) is 1.08. The predicted molar refractivity (Wildman–Crippen MR) is 82.7 cm³/mol. The minimum Gasteiger partial charge on any atom is -0.353 e. The summed E-state index contributed by atoms with van der Waals surface area (Å²) in [6, 6.07) is 0.456. The zero-order chi connectivity index (χ0) is 14.2. The van der Waals surface area contributed by atoms with Gasteiger partial charge in [-0.2, -0.15) is 0 Å². The third-order valence-corrected chi connectivity index (χ3v) is 4.83. The average Bonchev–Trinajstić information content (AvgIpc) is 2.48. The summed E-state index contributed by atoms with van der Waals surface area (Å²) in [4.78, 5) is 14.4. The van der Waals surface area contributed by atoms with Crippen molar-refractivity contribution in [2.45, 2.75) is 57.4 Å². The highest BCUT2D eigenvalue weighted by atomic mass is 16.1. The first kappa shape index (κ1) is 15.8. The van der Waals surface area contributed by atoms with Gasteiger partial charge in [-0.05, 0) is 58.3 Å². The molecule has 2 aliphatic rings. The Labute approximate surface area is 123 Å². The fourth-order valence-electron chi connectivity index (χ4n) is 3.51. The molecule has 116 valence electrons. The molecule has 1 aliphatic carbocycles. The summed E-state index contributed by atoms with van der Waals surface area (Å²) < 4.78 is 0. The van der Waals surface area contributed by atoms with Crippen LogP contribution in [0.1, 0.15) is 51.4 Å². The van der Waals surface area contributed by atoms with E-state index in [0.29, 0.717) is 12.5 Å². The maximum absolute atomic E-state index is 12.0. The van der Waals surface area contributed by atoms with Gasteiger partial charge in [-0.25, -0.2) is 0 Å². The number of hydrogen-bond donors (Lipinski definition) is 2. The van der Waals surface area contributed by atoms with Gasteiger partial charge >= 0.3 is 0 Å². The second-order valence-corrected chi connectivity index (χ2v) is 6.50. The molecule has 2 rings (SSSR count). The molecule has 1 saturated heterocycles. The molecule has 2 fully saturated rings. The Morgan fingerprint density at radius 1 is 1.10 bits per heavy atom. The fraction of sp³-hybridized carbons (Fsp3) is 0.938. The summed E-state index contributed by atoms with van der Waals surface area (Å²) in [6.07, 6.45) is 9.48. The Hall–Kier alpha value is -0.610. The zero-order valence-electron chi connectivity index (χ0n) is 13.0. The second kappa shape index (κ2) is 8.63. The number of carbonyl (C=O) groups is 1. The van der Waals surface area contributed by atoms with Gasteiger partial charge < -0.3 is 15.5 Å². The van der Waals surface area contributed by atoms with E-state index in [1.807, 2.05) is 7.05 Å². The van der Waals surface area contributed by atoms with E-state index in [-0.39, 0.29) is 5.91 Å². The first-order valence-corrected chi connectivity index (χ1v) is 8.44. The van der Waals surface area contributed by atoms with Crippen LogP contribution < -0.4 is 10.6 Å². The molecule has 1 saturated carbocycles. The molecule has 4 nitrogen and oxygen atoms in total. The molecule has 0 unspecified atom stereocenters. The van der Waals surface area contributed by atoms with Crippen molar-refractivity contribution >= 4 is 5.91 Å². The van der Waals surface area contributed by atoms with Crippen LogP contribution >= 0.6 is 0 Å². The zero-order valence-corrected chi connectivity index (χ0v) is 13.0. The molecule has 4 heteroatoms. The molecular weight excluding hydrogens is 250 g/mol. The summed E-state index contributed by atoms with van der Waals surface area (Å²) in [5.41, 5.74) is 0. The number of hydrogen-bond acceptors (Lipinski definition) is 3. The lowest BCUT2D eigenvalue weighted by Gasteiger charge is -2.32. The number of rotatable bonds is 6. The molecule has 0 atom stereocenters. The van der Waals surface area contributed by atoms with E-state index in [9.17, 15) is 4.79 Å². The molecule has 0 radical (unpaired) electrons. The Morgan fingerprint density at radius 2 is 1.80 bits per heavy atom. The van der Waals surface area contributed by atoms with Crippen molar-refractivity contribution in [1.29, 1.82) is 0 Å². The molecule has 0 bridgehead atoms. The largest absolute Gasteiger partial charge is 0.353 e. The molecule has 0 aromatic heterocycles. The van der Waals surface area contributed by atoms with E-state index in [1.54, 1.807) is 0 Å². The minimum atomic E-state index is 0.259. The normalized spacial score (nSPS) is 22.9. The highest BCUT2D eigenvalue weighted by molar-refractivity contribution is 5.76. The van der Waals surface area contributed by atoms with Gasteiger partial charge in [0.2, 0.25) is 5.91 Å². The maximum Gasteiger partial charge on any atom is 0.221 e. The van der Waals surface area contributed by atoms with E-state index in [0.717, 1.165) is 32.1 Å². The van der Waals surface area contributed by atoms with Crippen molar-refractivity contribution in [3.63, 3.8) is 0 Å². The third-order valence-electron chi connectivity index (χ3n) is 4.83. The van der Waals surface area contributed by atoms with E-state index in [4.69, 9.17) is 0 Å². The van der Waals surface area contributed by atoms with Gasteiger partial charge in [0.05, 0.1) is 0 Å². The summed E-state index contributed by atoms with van der Waals surface area (Å²) in [6.45, 7) is 4.38. The minimum absolute atomic E-state index is 0.259. The molecule has 1 amide bonds. The molecule has 20 heavy (non-hydrogen) atoms. The lowest BCUT2D eigenvalue weighted by atomic mass is 9.95. The van der Waals surface area contributed by atoms with Gasteiger partial charge in [0.1, 0.15) is 0 Å². The van der Waals surface area contributed by atoms with Gasteiger partial charge in [0, 0.05) is 19.0 Å². The van der Waals surface area contributed by atoms with Crippen LogP contribution in [0.2, 0.25) is 0 Å². The molecule has 1 aliphatic heterocycles. The van der Waals surface area contributed by atoms with Crippen molar-refractivity contribution in [2.24, 2.45) is 5.92 Å². The summed E-state index contributed by atoms with van der Waals surface area (Å²) >= 11 is 0. The number of amides is 1. The first-order chi connectivity index (χ1) is 9.78. The smallest absolute Gasteiger partial charge is 0.221 e. The van der Waals surface area contributed by atoms with Crippen molar-refractivity contribution in [3.05, 3.63) is 0 Å². The molecular formula is C16H31N3O. The monoisotopic (exact) mass is 281 g/mol. The maximum atomic E-state index is 12.0. The molecule has 2 N–H and O–H groups in total. The molecule has 0 aromatic carbocycles.